The van der Waals surface area contributed by atoms with Crippen LogP contribution in [-0.2, 0) is 11.2 Å². The lowest BCUT2D eigenvalue weighted by Gasteiger charge is -2.38. The van der Waals surface area contributed by atoms with E-state index in [1.54, 1.807) is 13.8 Å². The Labute approximate surface area is 175 Å². The lowest BCUT2D eigenvalue weighted by molar-refractivity contribution is -0.138. The Morgan fingerprint density at radius 1 is 1.23 bits per heavy atom. The number of fused-ring (bicyclic) bond motifs is 1. The van der Waals surface area contributed by atoms with Crippen LogP contribution >= 0.6 is 0 Å². The molecule has 0 spiro atoms. The van der Waals surface area contributed by atoms with Gasteiger partial charge in [-0.25, -0.2) is 0 Å². The Balaban J connectivity index is 1.57. The van der Waals surface area contributed by atoms with Gasteiger partial charge in [0.05, 0.1) is 5.69 Å². The number of carbonyl (C=O) groups is 2. The Morgan fingerprint density at radius 2 is 2.03 bits per heavy atom. The van der Waals surface area contributed by atoms with Gasteiger partial charge in [-0.05, 0) is 56.1 Å². The molecule has 1 aromatic heterocycles. The maximum Gasteiger partial charge on any atom is 0.303 e. The van der Waals surface area contributed by atoms with E-state index < -0.39 is 5.97 Å². The van der Waals surface area contributed by atoms with Crippen molar-refractivity contribution in [1.29, 1.82) is 0 Å². The zero-order valence-corrected chi connectivity index (χ0v) is 17.4. The minimum absolute atomic E-state index is 0.0213. The number of carboxylic acids is 1. The zero-order valence-electron chi connectivity index (χ0n) is 17.4. The molecular weight excluding hydrogens is 382 g/mol. The molecule has 3 heterocycles. The van der Waals surface area contributed by atoms with E-state index in [2.05, 4.69) is 17.3 Å². The Kier molecular flexibility index (Phi) is 5.70. The lowest BCUT2D eigenvalue weighted by atomic mass is 9.78. The summed E-state index contributed by atoms with van der Waals surface area (Å²) in [7, 11) is 0. The number of aliphatic imine (C=N–C) groups is 1. The molecule has 2 aliphatic rings. The van der Waals surface area contributed by atoms with E-state index in [4.69, 9.17) is 9.52 Å². The highest BCUT2D eigenvalue weighted by Crippen LogP contribution is 2.33. The second-order valence-electron chi connectivity index (χ2n) is 8.30. The van der Waals surface area contributed by atoms with E-state index in [0.29, 0.717) is 42.9 Å². The fourth-order valence-electron chi connectivity index (χ4n) is 4.78. The fraction of sp³-hybridized carbons (Fsp3) is 0.478. The number of piperidine rings is 1. The molecule has 2 aliphatic heterocycles. The van der Waals surface area contributed by atoms with Crippen LogP contribution < -0.4 is 0 Å². The van der Waals surface area contributed by atoms with E-state index in [1.807, 2.05) is 17.0 Å². The summed E-state index contributed by atoms with van der Waals surface area (Å²) >= 11 is 0. The molecule has 2 aromatic rings. The summed E-state index contributed by atoms with van der Waals surface area (Å²) in [4.78, 5) is 31.2. The van der Waals surface area contributed by atoms with Crippen LogP contribution in [0.4, 0.5) is 0 Å². The average Bonchev–Trinajstić information content (AvgIpc) is 3.07. The molecule has 1 aromatic carbocycles. The first-order valence-corrected chi connectivity index (χ1v) is 10.5. The molecule has 158 valence electrons. The number of hydrogen-bond acceptors (Lipinski definition) is 5. The summed E-state index contributed by atoms with van der Waals surface area (Å²) < 4.78 is 5.17. The summed E-state index contributed by atoms with van der Waals surface area (Å²) in [6.07, 6.45) is 2.40. The number of aryl methyl sites for hydroxylation is 2. The lowest BCUT2D eigenvalue weighted by Crippen LogP contribution is -2.45. The van der Waals surface area contributed by atoms with E-state index in [9.17, 15) is 14.7 Å². The van der Waals surface area contributed by atoms with Gasteiger partial charge in [-0.1, -0.05) is 29.4 Å². The van der Waals surface area contributed by atoms with Gasteiger partial charge in [-0.3, -0.25) is 14.6 Å². The van der Waals surface area contributed by atoms with Crippen molar-refractivity contribution < 1.29 is 19.2 Å². The number of amides is 1. The molecule has 7 heteroatoms. The van der Waals surface area contributed by atoms with Gasteiger partial charge in [0.15, 0.2) is 0 Å². The molecule has 2 atom stereocenters. The van der Waals surface area contributed by atoms with Crippen LogP contribution in [0, 0.1) is 25.7 Å². The Bertz CT molecular complexity index is 975. The van der Waals surface area contributed by atoms with Gasteiger partial charge >= 0.3 is 5.97 Å². The first-order chi connectivity index (χ1) is 14.4. The van der Waals surface area contributed by atoms with Crippen molar-refractivity contribution in [2.45, 2.75) is 39.5 Å². The summed E-state index contributed by atoms with van der Waals surface area (Å²) in [5.41, 5.74) is 4.59. The van der Waals surface area contributed by atoms with Gasteiger partial charge in [0.1, 0.15) is 11.3 Å². The van der Waals surface area contributed by atoms with Gasteiger partial charge in [0.25, 0.3) is 5.91 Å². The first kappa shape index (κ1) is 20.3. The minimum atomic E-state index is -0.790. The monoisotopic (exact) mass is 409 g/mol. The first-order valence-electron chi connectivity index (χ1n) is 10.5. The predicted octanol–water partition coefficient (Wildman–Crippen LogP) is 3.28. The molecule has 0 radical (unpaired) electrons. The Morgan fingerprint density at radius 3 is 2.77 bits per heavy atom. The third kappa shape index (κ3) is 4.01. The van der Waals surface area contributed by atoms with Gasteiger partial charge in [0, 0.05) is 31.8 Å². The van der Waals surface area contributed by atoms with Crippen molar-refractivity contribution in [3.05, 3.63) is 52.4 Å². The van der Waals surface area contributed by atoms with Crippen LogP contribution in [0.3, 0.4) is 0 Å². The molecule has 1 saturated heterocycles. The maximum absolute atomic E-state index is 13.1. The van der Waals surface area contributed by atoms with Crippen molar-refractivity contribution in [3.63, 3.8) is 0 Å². The highest BCUT2D eigenvalue weighted by Gasteiger charge is 2.35. The highest BCUT2D eigenvalue weighted by molar-refractivity contribution is 6.03. The largest absolute Gasteiger partial charge is 0.481 e. The molecule has 1 amide bonds. The SMILES string of the molecule is Cc1noc(C)c1C(=O)N1CC[C@@H](CC(=O)O)[C@@H](CC2=NCCc3ccccc32)C1. The highest BCUT2D eigenvalue weighted by atomic mass is 16.5. The minimum Gasteiger partial charge on any atom is -0.481 e. The van der Waals surface area contributed by atoms with E-state index in [-0.39, 0.29) is 24.2 Å². The van der Waals surface area contributed by atoms with Crippen LogP contribution in [-0.4, -0.2) is 52.4 Å². The van der Waals surface area contributed by atoms with Crippen molar-refractivity contribution in [2.75, 3.05) is 19.6 Å². The van der Waals surface area contributed by atoms with Crippen molar-refractivity contribution in [2.24, 2.45) is 16.8 Å². The standard InChI is InChI=1S/C23H27N3O4/c1-14-22(15(2)30-25-14)23(29)26-10-8-17(12-21(27)28)18(13-26)11-20-19-6-4-3-5-16(19)7-9-24-20/h3-6,17-18H,7-13H2,1-2H3,(H,27,28)/t17-,18-/m0/s1. The number of aromatic nitrogens is 1. The number of benzene rings is 1. The van der Waals surface area contributed by atoms with Gasteiger partial charge in [0.2, 0.25) is 0 Å². The van der Waals surface area contributed by atoms with Crippen LogP contribution in [0.1, 0.15) is 52.2 Å². The number of aliphatic carboxylic acids is 1. The number of carboxylic acid groups (broad SMARTS) is 1. The van der Waals surface area contributed by atoms with Crippen LogP contribution in [0.15, 0.2) is 33.8 Å². The summed E-state index contributed by atoms with van der Waals surface area (Å²) in [6, 6.07) is 8.28. The van der Waals surface area contributed by atoms with Gasteiger partial charge in [-0.2, -0.15) is 0 Å². The van der Waals surface area contributed by atoms with Gasteiger partial charge in [-0.15, -0.1) is 0 Å². The molecule has 1 N–H and O–H groups in total. The summed E-state index contributed by atoms with van der Waals surface area (Å²) in [5, 5.41) is 13.3. The predicted molar refractivity (Wildman–Crippen MR) is 112 cm³/mol. The number of carbonyl (C=O) groups excluding carboxylic acids is 1. The molecule has 7 nitrogen and oxygen atoms in total. The van der Waals surface area contributed by atoms with Crippen molar-refractivity contribution in [1.82, 2.24) is 10.1 Å². The topological polar surface area (TPSA) is 96.0 Å². The molecule has 0 aliphatic carbocycles. The number of rotatable bonds is 5. The van der Waals surface area contributed by atoms with E-state index >= 15 is 0 Å². The molecule has 1 fully saturated rings. The second-order valence-corrected chi connectivity index (χ2v) is 8.30. The van der Waals surface area contributed by atoms with Crippen molar-refractivity contribution in [3.8, 4) is 0 Å². The maximum atomic E-state index is 13.1. The summed E-state index contributed by atoms with van der Waals surface area (Å²) in [5.74, 6) is -0.290. The molecule has 0 saturated carbocycles. The molecular formula is C23H27N3O4. The molecule has 4 rings (SSSR count). The van der Waals surface area contributed by atoms with Crippen LogP contribution in [0.2, 0.25) is 0 Å². The smallest absolute Gasteiger partial charge is 0.303 e. The van der Waals surface area contributed by atoms with Crippen LogP contribution in [0.25, 0.3) is 0 Å². The van der Waals surface area contributed by atoms with E-state index in [1.165, 1.54) is 5.56 Å². The third-order valence-corrected chi connectivity index (χ3v) is 6.33. The second kappa shape index (κ2) is 8.42. The quantitative estimate of drug-likeness (QED) is 0.818. The van der Waals surface area contributed by atoms with Crippen molar-refractivity contribution >= 4 is 17.6 Å². The number of nitrogens with zero attached hydrogens (tertiary/aromatic N) is 3. The van der Waals surface area contributed by atoms with E-state index in [0.717, 1.165) is 24.2 Å². The third-order valence-electron chi connectivity index (χ3n) is 6.33. The summed E-state index contributed by atoms with van der Waals surface area (Å²) in [6.45, 7) is 5.33. The number of likely N-dealkylation sites (tertiary alicyclic amines) is 1. The van der Waals surface area contributed by atoms with Crippen LogP contribution in [0.5, 0.6) is 0 Å². The molecule has 30 heavy (non-hydrogen) atoms. The zero-order chi connectivity index (χ0) is 21.3. The number of hydrogen-bond donors (Lipinski definition) is 1. The normalized spacial score (nSPS) is 21.1. The average molecular weight is 409 g/mol. The fourth-order valence-corrected chi connectivity index (χ4v) is 4.78. The molecule has 0 bridgehead atoms. The Hall–Kier alpha value is -2.96. The molecule has 0 unspecified atom stereocenters. The van der Waals surface area contributed by atoms with Gasteiger partial charge < -0.3 is 14.5 Å².